The minimum Gasteiger partial charge on any atom is -0.478 e. The summed E-state index contributed by atoms with van der Waals surface area (Å²) in [5.74, 6) is -1.28. The van der Waals surface area contributed by atoms with Crippen LogP contribution in [0, 0.1) is 11.3 Å². The number of carboxylic acid groups (broad SMARTS) is 1. The van der Waals surface area contributed by atoms with Crippen molar-refractivity contribution in [2.24, 2.45) is 0 Å². The van der Waals surface area contributed by atoms with Gasteiger partial charge in [0, 0.05) is 11.3 Å². The standard InChI is InChI=1S/C25H18N2O3/c26-16-22-21(24(28)29)15-23(27-25(22,30)20-9-5-2-6-10-20)19-13-11-18(12-14-19)17-7-3-1-4-8-17/h1-15,27,30H,(H,28,29). The number of carboxylic acids is 1. The smallest absolute Gasteiger partial charge is 0.336 e. The highest BCUT2D eigenvalue weighted by Gasteiger charge is 2.41. The summed E-state index contributed by atoms with van der Waals surface area (Å²) >= 11 is 0. The highest BCUT2D eigenvalue weighted by Crippen LogP contribution is 2.36. The van der Waals surface area contributed by atoms with Crippen LogP contribution in [-0.2, 0) is 10.5 Å². The van der Waals surface area contributed by atoms with Crippen molar-refractivity contribution in [3.05, 3.63) is 113 Å². The minimum absolute atomic E-state index is 0.246. The molecule has 3 aromatic rings. The Kier molecular flexibility index (Phi) is 4.93. The van der Waals surface area contributed by atoms with E-state index in [1.54, 1.807) is 30.3 Å². The third-order valence-electron chi connectivity index (χ3n) is 5.07. The van der Waals surface area contributed by atoms with Gasteiger partial charge < -0.3 is 15.5 Å². The zero-order valence-corrected chi connectivity index (χ0v) is 15.9. The summed E-state index contributed by atoms with van der Waals surface area (Å²) in [6, 6.07) is 27.8. The molecule has 1 unspecified atom stereocenters. The number of nitrogens with zero attached hydrogens (tertiary/aromatic N) is 1. The molecule has 0 saturated carbocycles. The number of hydrogen-bond acceptors (Lipinski definition) is 4. The zero-order chi connectivity index (χ0) is 21.1. The highest BCUT2D eigenvalue weighted by molar-refractivity contribution is 5.96. The third-order valence-corrected chi connectivity index (χ3v) is 5.07. The summed E-state index contributed by atoms with van der Waals surface area (Å²) in [4.78, 5) is 11.9. The second-order valence-corrected chi connectivity index (χ2v) is 6.91. The van der Waals surface area contributed by atoms with Crippen molar-refractivity contribution in [1.82, 2.24) is 5.32 Å². The maximum Gasteiger partial charge on any atom is 0.336 e. The minimum atomic E-state index is -1.95. The summed E-state index contributed by atoms with van der Waals surface area (Å²) < 4.78 is 0. The second-order valence-electron chi connectivity index (χ2n) is 6.91. The quantitative estimate of drug-likeness (QED) is 0.621. The van der Waals surface area contributed by atoms with Crippen LogP contribution >= 0.6 is 0 Å². The SMILES string of the molecule is N#CC1=C(C(=O)O)C=C(c2ccc(-c3ccccc3)cc2)NC1(O)c1ccccc1. The van der Waals surface area contributed by atoms with Crippen LogP contribution < -0.4 is 5.32 Å². The summed E-state index contributed by atoms with van der Waals surface area (Å²) in [5.41, 5.74) is 1.11. The number of dihydropyridines is 1. The molecule has 4 rings (SSSR count). The molecule has 0 aliphatic carbocycles. The maximum atomic E-state index is 11.9. The Hall–Kier alpha value is -4.14. The van der Waals surface area contributed by atoms with Crippen molar-refractivity contribution >= 4 is 11.7 Å². The monoisotopic (exact) mass is 394 g/mol. The van der Waals surface area contributed by atoms with E-state index < -0.39 is 11.7 Å². The van der Waals surface area contributed by atoms with E-state index in [-0.39, 0.29) is 11.1 Å². The van der Waals surface area contributed by atoms with E-state index in [0.29, 0.717) is 16.8 Å². The molecular weight excluding hydrogens is 376 g/mol. The molecule has 3 aromatic carbocycles. The summed E-state index contributed by atoms with van der Waals surface area (Å²) in [6.45, 7) is 0. The van der Waals surface area contributed by atoms with Gasteiger partial charge in [-0.1, -0.05) is 84.9 Å². The van der Waals surface area contributed by atoms with E-state index in [2.05, 4.69) is 5.32 Å². The molecule has 0 saturated heterocycles. The van der Waals surface area contributed by atoms with Crippen molar-refractivity contribution in [3.63, 3.8) is 0 Å². The fourth-order valence-electron chi connectivity index (χ4n) is 3.54. The highest BCUT2D eigenvalue weighted by atomic mass is 16.4. The van der Waals surface area contributed by atoms with Gasteiger partial charge in [0.1, 0.15) is 11.6 Å². The molecule has 0 amide bonds. The molecule has 0 bridgehead atoms. The van der Waals surface area contributed by atoms with Crippen LogP contribution in [0.3, 0.4) is 0 Å². The second kappa shape index (κ2) is 7.70. The normalized spacial score (nSPS) is 18.2. The van der Waals surface area contributed by atoms with Gasteiger partial charge in [-0.3, -0.25) is 0 Å². The third kappa shape index (κ3) is 3.37. The van der Waals surface area contributed by atoms with Crippen molar-refractivity contribution in [2.75, 3.05) is 0 Å². The van der Waals surface area contributed by atoms with Gasteiger partial charge in [-0.15, -0.1) is 0 Å². The Bertz CT molecular complexity index is 1190. The van der Waals surface area contributed by atoms with Crippen LogP contribution in [0.4, 0.5) is 0 Å². The largest absolute Gasteiger partial charge is 0.478 e. The van der Waals surface area contributed by atoms with Crippen LogP contribution in [0.1, 0.15) is 11.1 Å². The first-order valence-electron chi connectivity index (χ1n) is 9.35. The van der Waals surface area contributed by atoms with E-state index in [0.717, 1.165) is 11.1 Å². The van der Waals surface area contributed by atoms with Crippen molar-refractivity contribution < 1.29 is 15.0 Å². The molecule has 1 aliphatic rings. The predicted octanol–water partition coefficient (Wildman–Crippen LogP) is 4.05. The van der Waals surface area contributed by atoms with Crippen molar-refractivity contribution in [1.29, 1.82) is 5.26 Å². The van der Waals surface area contributed by atoms with Gasteiger partial charge in [0.05, 0.1) is 5.57 Å². The Morgan fingerprint density at radius 2 is 1.37 bits per heavy atom. The van der Waals surface area contributed by atoms with Crippen LogP contribution in [0.25, 0.3) is 16.8 Å². The van der Waals surface area contributed by atoms with Gasteiger partial charge in [0.15, 0.2) is 5.72 Å². The Morgan fingerprint density at radius 3 is 1.93 bits per heavy atom. The van der Waals surface area contributed by atoms with E-state index in [1.165, 1.54) is 6.08 Å². The number of hydrogen-bond donors (Lipinski definition) is 3. The molecule has 3 N–H and O–H groups in total. The summed E-state index contributed by atoms with van der Waals surface area (Å²) in [7, 11) is 0. The molecule has 5 heteroatoms. The lowest BCUT2D eigenvalue weighted by Crippen LogP contribution is -2.45. The number of aliphatic hydroxyl groups is 1. The molecule has 5 nitrogen and oxygen atoms in total. The Labute approximate surface area is 173 Å². The molecular formula is C25H18N2O3. The summed E-state index contributed by atoms with van der Waals surface area (Å²) in [5, 5.41) is 33.7. The van der Waals surface area contributed by atoms with Crippen LogP contribution in [0.5, 0.6) is 0 Å². The first-order chi connectivity index (χ1) is 14.5. The summed E-state index contributed by atoms with van der Waals surface area (Å²) in [6.07, 6.45) is 1.38. The first kappa shape index (κ1) is 19.2. The lowest BCUT2D eigenvalue weighted by molar-refractivity contribution is -0.132. The van der Waals surface area contributed by atoms with Gasteiger partial charge in [-0.25, -0.2) is 4.79 Å². The molecule has 1 aliphatic heterocycles. The lowest BCUT2D eigenvalue weighted by atomic mass is 9.86. The van der Waals surface area contributed by atoms with Gasteiger partial charge in [-0.05, 0) is 22.8 Å². The maximum absolute atomic E-state index is 11.9. The first-order valence-corrected chi connectivity index (χ1v) is 9.35. The van der Waals surface area contributed by atoms with Crippen LogP contribution in [0.15, 0.2) is 102 Å². The molecule has 1 heterocycles. The van der Waals surface area contributed by atoms with Gasteiger partial charge in [0.2, 0.25) is 0 Å². The zero-order valence-electron chi connectivity index (χ0n) is 15.9. The number of nitrogens with one attached hydrogen (secondary N) is 1. The Balaban J connectivity index is 1.80. The van der Waals surface area contributed by atoms with Crippen molar-refractivity contribution in [2.45, 2.75) is 5.72 Å². The van der Waals surface area contributed by atoms with Crippen molar-refractivity contribution in [3.8, 4) is 17.2 Å². The molecule has 0 radical (unpaired) electrons. The van der Waals surface area contributed by atoms with Gasteiger partial charge in [0.25, 0.3) is 0 Å². The number of benzene rings is 3. The molecule has 0 fully saturated rings. The fraction of sp³-hybridized carbons (Fsp3) is 0.0400. The number of rotatable bonds is 4. The van der Waals surface area contributed by atoms with Gasteiger partial charge in [-0.2, -0.15) is 5.26 Å². The molecule has 0 spiro atoms. The average Bonchev–Trinajstić information content (AvgIpc) is 2.79. The predicted molar refractivity (Wildman–Crippen MR) is 114 cm³/mol. The van der Waals surface area contributed by atoms with Crippen LogP contribution in [-0.4, -0.2) is 16.2 Å². The van der Waals surface area contributed by atoms with E-state index >= 15 is 0 Å². The lowest BCUT2D eigenvalue weighted by Gasteiger charge is -2.35. The number of carbonyl (C=O) groups is 1. The molecule has 0 aromatic heterocycles. The average molecular weight is 394 g/mol. The van der Waals surface area contributed by atoms with E-state index in [1.807, 2.05) is 60.7 Å². The molecule has 30 heavy (non-hydrogen) atoms. The van der Waals surface area contributed by atoms with E-state index in [4.69, 9.17) is 0 Å². The molecule has 146 valence electrons. The molecule has 1 atom stereocenters. The van der Waals surface area contributed by atoms with E-state index in [9.17, 15) is 20.3 Å². The number of aliphatic carboxylic acids is 1. The van der Waals surface area contributed by atoms with Gasteiger partial charge >= 0.3 is 5.97 Å². The van der Waals surface area contributed by atoms with Crippen LogP contribution in [0.2, 0.25) is 0 Å². The number of nitriles is 1. The topological polar surface area (TPSA) is 93.4 Å². The fourth-order valence-corrected chi connectivity index (χ4v) is 3.54. The Morgan fingerprint density at radius 1 is 0.833 bits per heavy atom.